The van der Waals surface area contributed by atoms with Crippen molar-refractivity contribution in [2.75, 3.05) is 18.9 Å². The van der Waals surface area contributed by atoms with Crippen molar-refractivity contribution in [3.05, 3.63) is 29.5 Å². The smallest absolute Gasteiger partial charge is 0.331 e. The summed E-state index contributed by atoms with van der Waals surface area (Å²) < 4.78 is 5.21. The molecule has 2 heterocycles. The zero-order valence-electron chi connectivity index (χ0n) is 13.3. The van der Waals surface area contributed by atoms with Gasteiger partial charge in [0.15, 0.2) is 0 Å². The molecule has 1 aliphatic rings. The lowest BCUT2D eigenvalue weighted by molar-refractivity contribution is -0.148. The minimum atomic E-state index is -0.513. The number of carbonyl (C=O) groups excluding carboxylic acids is 2. The highest BCUT2D eigenvalue weighted by Gasteiger charge is 2.18. The highest BCUT2D eigenvalue weighted by atomic mass is 16.6. The minimum Gasteiger partial charge on any atom is -0.457 e. The lowest BCUT2D eigenvalue weighted by Crippen LogP contribution is -2.28. The molecule has 0 aromatic carbocycles. The van der Waals surface area contributed by atoms with Gasteiger partial charge in [0.2, 0.25) is 5.91 Å². The fourth-order valence-electron chi connectivity index (χ4n) is 2.04. The number of hydrogen-bond donors (Lipinski definition) is 1. The quantitative estimate of drug-likeness (QED) is 0.666. The number of esters is 1. The first-order valence-corrected chi connectivity index (χ1v) is 7.12. The van der Waals surface area contributed by atoms with Gasteiger partial charge in [-0.3, -0.25) is 4.79 Å². The number of hydrogen-bond acceptors (Lipinski definition) is 5. The van der Waals surface area contributed by atoms with Gasteiger partial charge in [-0.05, 0) is 38.5 Å². The van der Waals surface area contributed by atoms with E-state index in [4.69, 9.17) is 4.74 Å². The number of pyridine rings is 1. The molecular formula is C16H21N3O3. The van der Waals surface area contributed by atoms with Crippen LogP contribution < -0.4 is 5.32 Å². The summed E-state index contributed by atoms with van der Waals surface area (Å²) in [5, 5.41) is 3.01. The van der Waals surface area contributed by atoms with Crippen molar-refractivity contribution < 1.29 is 14.3 Å². The maximum absolute atomic E-state index is 11.7. The van der Waals surface area contributed by atoms with Gasteiger partial charge in [-0.15, -0.1) is 0 Å². The topological polar surface area (TPSA) is 71.5 Å². The summed E-state index contributed by atoms with van der Waals surface area (Å²) in [5.41, 5.74) is 1.19. The number of likely N-dealkylation sites (N-methyl/N-ethyl adjacent to an activating group) is 1. The Morgan fingerprint density at radius 2 is 2.18 bits per heavy atom. The van der Waals surface area contributed by atoms with Crippen LogP contribution in [0.15, 0.2) is 18.3 Å². The average Bonchev–Trinajstić information content (AvgIpc) is 2.54. The molecule has 1 aliphatic heterocycles. The molecule has 0 fully saturated rings. The molecule has 1 aromatic heterocycles. The van der Waals surface area contributed by atoms with Crippen LogP contribution in [0.25, 0.3) is 6.08 Å². The van der Waals surface area contributed by atoms with E-state index in [1.165, 1.54) is 6.08 Å². The van der Waals surface area contributed by atoms with Crippen molar-refractivity contribution in [3.63, 3.8) is 0 Å². The molecular weight excluding hydrogens is 282 g/mol. The van der Waals surface area contributed by atoms with Crippen LogP contribution in [0.5, 0.6) is 0 Å². The number of carbonyl (C=O) groups is 2. The Bertz CT molecular complexity index is 618. The lowest BCUT2D eigenvalue weighted by Gasteiger charge is -2.17. The fraction of sp³-hybridized carbons (Fsp3) is 0.438. The molecule has 1 N–H and O–H groups in total. The van der Waals surface area contributed by atoms with E-state index in [0.717, 1.165) is 11.1 Å². The Labute approximate surface area is 130 Å². The Hall–Kier alpha value is -2.37. The first kappa shape index (κ1) is 16.0. The van der Waals surface area contributed by atoms with Gasteiger partial charge in [-0.2, -0.15) is 0 Å². The van der Waals surface area contributed by atoms with Crippen LogP contribution in [0.1, 0.15) is 31.9 Å². The van der Waals surface area contributed by atoms with Crippen LogP contribution in [0.3, 0.4) is 0 Å². The number of ether oxygens (including phenoxy) is 1. The SMILES string of the molecule is CN1Cc2cc(C=CC(=O)OC(C)(C)C)cnc2NCC1=O. The molecule has 22 heavy (non-hydrogen) atoms. The monoisotopic (exact) mass is 303 g/mol. The maximum Gasteiger partial charge on any atom is 0.331 e. The van der Waals surface area contributed by atoms with Crippen LogP contribution in [0.2, 0.25) is 0 Å². The molecule has 0 spiro atoms. The molecule has 1 amide bonds. The van der Waals surface area contributed by atoms with Crippen molar-refractivity contribution >= 4 is 23.8 Å². The first-order chi connectivity index (χ1) is 10.2. The summed E-state index contributed by atoms with van der Waals surface area (Å²) in [6.07, 6.45) is 4.70. The zero-order chi connectivity index (χ0) is 16.3. The largest absolute Gasteiger partial charge is 0.457 e. The van der Waals surface area contributed by atoms with Crippen molar-refractivity contribution in [2.24, 2.45) is 0 Å². The van der Waals surface area contributed by atoms with Gasteiger partial charge in [0.25, 0.3) is 0 Å². The standard InChI is InChI=1S/C16H21N3O3/c1-16(2,3)22-14(21)6-5-11-7-12-10-19(4)13(20)9-18-15(12)17-8-11/h5-8H,9-10H2,1-4H3,(H,17,18). The summed E-state index contributed by atoms with van der Waals surface area (Å²) >= 11 is 0. The molecule has 0 atom stereocenters. The molecule has 0 radical (unpaired) electrons. The fourth-order valence-corrected chi connectivity index (χ4v) is 2.04. The summed E-state index contributed by atoms with van der Waals surface area (Å²) in [4.78, 5) is 29.3. The molecule has 6 heteroatoms. The summed E-state index contributed by atoms with van der Waals surface area (Å²) in [7, 11) is 1.75. The maximum atomic E-state index is 11.7. The molecule has 0 unspecified atom stereocenters. The molecule has 0 saturated carbocycles. The van der Waals surface area contributed by atoms with Gasteiger partial charge in [0.1, 0.15) is 11.4 Å². The molecule has 2 rings (SSSR count). The van der Waals surface area contributed by atoms with E-state index in [-0.39, 0.29) is 12.5 Å². The predicted octanol–water partition coefficient (Wildman–Crippen LogP) is 1.82. The number of aromatic nitrogens is 1. The molecule has 0 aliphatic carbocycles. The number of nitrogens with one attached hydrogen (secondary N) is 1. The second-order valence-corrected chi connectivity index (χ2v) is 6.25. The lowest BCUT2D eigenvalue weighted by atomic mass is 10.1. The minimum absolute atomic E-state index is 0.0175. The summed E-state index contributed by atoms with van der Waals surface area (Å²) in [6.45, 7) is 6.19. The number of fused-ring (bicyclic) bond motifs is 1. The van der Waals surface area contributed by atoms with E-state index in [1.54, 1.807) is 24.2 Å². The zero-order valence-corrected chi connectivity index (χ0v) is 13.3. The third-order valence-corrected chi connectivity index (χ3v) is 3.05. The van der Waals surface area contributed by atoms with Gasteiger partial charge in [-0.25, -0.2) is 9.78 Å². The first-order valence-electron chi connectivity index (χ1n) is 7.12. The van der Waals surface area contributed by atoms with E-state index in [0.29, 0.717) is 12.4 Å². The van der Waals surface area contributed by atoms with Gasteiger partial charge in [-0.1, -0.05) is 0 Å². The molecule has 0 bridgehead atoms. The van der Waals surface area contributed by atoms with Gasteiger partial charge < -0.3 is 15.0 Å². The Kier molecular flexibility index (Phi) is 4.49. The van der Waals surface area contributed by atoms with Gasteiger partial charge in [0, 0.05) is 31.4 Å². The van der Waals surface area contributed by atoms with Crippen LogP contribution in [0.4, 0.5) is 5.82 Å². The Morgan fingerprint density at radius 3 is 2.86 bits per heavy atom. The van der Waals surface area contributed by atoms with Crippen LogP contribution in [0, 0.1) is 0 Å². The van der Waals surface area contributed by atoms with E-state index in [1.807, 2.05) is 26.8 Å². The second kappa shape index (κ2) is 6.17. The molecule has 6 nitrogen and oxygen atoms in total. The van der Waals surface area contributed by atoms with E-state index < -0.39 is 11.6 Å². The Balaban J connectivity index is 2.13. The van der Waals surface area contributed by atoms with Crippen LogP contribution in [-0.4, -0.2) is 41.0 Å². The van der Waals surface area contributed by atoms with Crippen molar-refractivity contribution in [2.45, 2.75) is 32.9 Å². The average molecular weight is 303 g/mol. The molecule has 1 aromatic rings. The van der Waals surface area contributed by atoms with Crippen molar-refractivity contribution in [1.29, 1.82) is 0 Å². The normalized spacial score (nSPS) is 15.3. The molecule has 118 valence electrons. The summed E-state index contributed by atoms with van der Waals surface area (Å²) in [6, 6.07) is 1.91. The van der Waals surface area contributed by atoms with Gasteiger partial charge in [0.05, 0.1) is 6.54 Å². The third-order valence-electron chi connectivity index (χ3n) is 3.05. The van der Waals surface area contributed by atoms with E-state index in [9.17, 15) is 9.59 Å². The van der Waals surface area contributed by atoms with E-state index >= 15 is 0 Å². The van der Waals surface area contributed by atoms with Crippen molar-refractivity contribution in [1.82, 2.24) is 9.88 Å². The highest BCUT2D eigenvalue weighted by molar-refractivity contribution is 5.87. The van der Waals surface area contributed by atoms with Crippen molar-refractivity contribution in [3.8, 4) is 0 Å². The Morgan fingerprint density at radius 1 is 1.45 bits per heavy atom. The second-order valence-electron chi connectivity index (χ2n) is 6.25. The predicted molar refractivity (Wildman–Crippen MR) is 84.1 cm³/mol. The third kappa shape index (κ3) is 4.31. The van der Waals surface area contributed by atoms with Gasteiger partial charge >= 0.3 is 5.97 Å². The summed E-state index contributed by atoms with van der Waals surface area (Å²) in [5.74, 6) is 0.323. The van der Waals surface area contributed by atoms with Crippen LogP contribution in [-0.2, 0) is 20.9 Å². The van der Waals surface area contributed by atoms with E-state index in [2.05, 4.69) is 10.3 Å². The number of nitrogens with zero attached hydrogens (tertiary/aromatic N) is 2. The highest BCUT2D eigenvalue weighted by Crippen LogP contribution is 2.19. The molecule has 0 saturated heterocycles. The number of anilines is 1. The number of rotatable bonds is 2. The van der Waals surface area contributed by atoms with Crippen LogP contribution >= 0.6 is 0 Å². The number of amides is 1.